The molecule has 7 heteroatoms. The molecule has 6 nitrogen and oxygen atoms in total. The van der Waals surface area contributed by atoms with Gasteiger partial charge in [0.2, 0.25) is 5.91 Å². The van der Waals surface area contributed by atoms with E-state index in [2.05, 4.69) is 15.5 Å². The lowest BCUT2D eigenvalue weighted by Crippen LogP contribution is -2.44. The summed E-state index contributed by atoms with van der Waals surface area (Å²) in [6.45, 7) is 0. The molecule has 1 saturated heterocycles. The maximum Gasteiger partial charge on any atom is 0.227 e. The van der Waals surface area contributed by atoms with Gasteiger partial charge in [-0.3, -0.25) is 4.79 Å². The van der Waals surface area contributed by atoms with Crippen LogP contribution in [0.15, 0.2) is 10.2 Å². The first-order valence-corrected chi connectivity index (χ1v) is 6.34. The monoisotopic (exact) mass is 254 g/mol. The summed E-state index contributed by atoms with van der Waals surface area (Å²) in [6, 6.07) is 0. The van der Waals surface area contributed by atoms with E-state index in [0.29, 0.717) is 0 Å². The van der Waals surface area contributed by atoms with Crippen molar-refractivity contribution in [1.82, 2.24) is 5.32 Å². The highest BCUT2D eigenvalue weighted by atomic mass is 32.2. The standard InChI is InChI=1S/C10H13N3O3S/c14-8-5-7(9(15)16)17-10(11-8)13-12-6-3-1-2-4-6/h7H,1-5H2,(H,15,16)(H,11,13,14)/p-1/t7-/m1/s1. The Hall–Kier alpha value is -1.37. The van der Waals surface area contributed by atoms with Crippen LogP contribution in [0.1, 0.15) is 32.1 Å². The molecule has 92 valence electrons. The van der Waals surface area contributed by atoms with Gasteiger partial charge in [-0.1, -0.05) is 11.8 Å². The first-order valence-electron chi connectivity index (χ1n) is 5.46. The number of aliphatic carboxylic acids is 1. The molecule has 0 bridgehead atoms. The molecule has 0 radical (unpaired) electrons. The van der Waals surface area contributed by atoms with Crippen LogP contribution in [0, 0.1) is 0 Å². The van der Waals surface area contributed by atoms with E-state index >= 15 is 0 Å². The highest BCUT2D eigenvalue weighted by molar-refractivity contribution is 8.15. The maximum atomic E-state index is 11.2. The number of rotatable bonds is 2. The molecule has 2 fully saturated rings. The Kier molecular flexibility index (Phi) is 3.78. The summed E-state index contributed by atoms with van der Waals surface area (Å²) in [5, 5.41) is 20.5. The summed E-state index contributed by atoms with van der Waals surface area (Å²) >= 11 is 0.976. The smallest absolute Gasteiger partial charge is 0.227 e. The average Bonchev–Trinajstić information content (AvgIpc) is 2.78. The second-order valence-electron chi connectivity index (χ2n) is 3.96. The summed E-state index contributed by atoms with van der Waals surface area (Å²) in [7, 11) is 0. The third-order valence-electron chi connectivity index (χ3n) is 2.60. The van der Waals surface area contributed by atoms with Gasteiger partial charge in [0.1, 0.15) is 0 Å². The third-order valence-corrected chi connectivity index (χ3v) is 3.65. The summed E-state index contributed by atoms with van der Waals surface area (Å²) in [5.41, 5.74) is 1.00. The Morgan fingerprint density at radius 2 is 2.06 bits per heavy atom. The molecule has 1 saturated carbocycles. The highest BCUT2D eigenvalue weighted by Gasteiger charge is 2.25. The summed E-state index contributed by atoms with van der Waals surface area (Å²) in [4.78, 5) is 21.9. The van der Waals surface area contributed by atoms with Crippen LogP contribution in [0.25, 0.3) is 0 Å². The number of thioether (sulfide) groups is 1. The fraction of sp³-hybridized carbons (Fsp3) is 0.600. The molecule has 1 atom stereocenters. The normalized spacial score (nSPS) is 27.1. The Morgan fingerprint density at radius 3 is 2.71 bits per heavy atom. The van der Waals surface area contributed by atoms with Gasteiger partial charge in [0.15, 0.2) is 5.17 Å². The molecule has 1 aliphatic heterocycles. The number of carbonyl (C=O) groups excluding carboxylic acids is 2. The number of nitrogens with zero attached hydrogens (tertiary/aromatic N) is 2. The van der Waals surface area contributed by atoms with E-state index in [1.54, 1.807) is 0 Å². The van der Waals surface area contributed by atoms with Crippen molar-refractivity contribution in [3.8, 4) is 0 Å². The van der Waals surface area contributed by atoms with Gasteiger partial charge in [0, 0.05) is 12.1 Å². The fourth-order valence-corrected chi connectivity index (χ4v) is 2.58. The van der Waals surface area contributed by atoms with E-state index in [1.807, 2.05) is 0 Å². The van der Waals surface area contributed by atoms with E-state index in [1.165, 1.54) is 0 Å². The van der Waals surface area contributed by atoms with Crippen LogP contribution in [0.4, 0.5) is 0 Å². The number of carboxylic acid groups (broad SMARTS) is 1. The molecule has 17 heavy (non-hydrogen) atoms. The van der Waals surface area contributed by atoms with Gasteiger partial charge in [0.05, 0.1) is 11.2 Å². The number of amidine groups is 1. The van der Waals surface area contributed by atoms with Crippen LogP contribution in [-0.4, -0.2) is 28.0 Å². The van der Waals surface area contributed by atoms with Gasteiger partial charge in [-0.25, -0.2) is 0 Å². The molecule has 1 aliphatic carbocycles. The molecule has 0 aromatic rings. The lowest BCUT2D eigenvalue weighted by atomic mass is 10.3. The van der Waals surface area contributed by atoms with Crippen LogP contribution in [0.3, 0.4) is 0 Å². The second-order valence-corrected chi connectivity index (χ2v) is 5.15. The van der Waals surface area contributed by atoms with E-state index in [4.69, 9.17) is 0 Å². The van der Waals surface area contributed by atoms with Crippen molar-refractivity contribution in [1.29, 1.82) is 0 Å². The van der Waals surface area contributed by atoms with Gasteiger partial charge in [-0.05, 0) is 25.7 Å². The van der Waals surface area contributed by atoms with Crippen molar-refractivity contribution in [2.75, 3.05) is 0 Å². The largest absolute Gasteiger partial charge is 0.549 e. The molecule has 1 N–H and O–H groups in total. The highest BCUT2D eigenvalue weighted by Crippen LogP contribution is 2.20. The van der Waals surface area contributed by atoms with Gasteiger partial charge in [-0.15, -0.1) is 5.10 Å². The van der Waals surface area contributed by atoms with E-state index in [9.17, 15) is 14.7 Å². The van der Waals surface area contributed by atoms with E-state index < -0.39 is 11.2 Å². The van der Waals surface area contributed by atoms with Crippen LogP contribution in [0.5, 0.6) is 0 Å². The predicted octanol–water partition coefficient (Wildman–Crippen LogP) is -0.356. The van der Waals surface area contributed by atoms with Crippen LogP contribution in [-0.2, 0) is 9.59 Å². The van der Waals surface area contributed by atoms with Crippen molar-refractivity contribution < 1.29 is 14.7 Å². The van der Waals surface area contributed by atoms with Crippen molar-refractivity contribution in [2.45, 2.75) is 37.4 Å². The third kappa shape index (κ3) is 3.29. The van der Waals surface area contributed by atoms with Crippen molar-refractivity contribution >= 4 is 34.5 Å². The first-order chi connectivity index (χ1) is 8.15. The maximum absolute atomic E-state index is 11.2. The number of hydrogen-bond acceptors (Lipinski definition) is 6. The molecule has 0 aromatic heterocycles. The zero-order valence-corrected chi connectivity index (χ0v) is 9.96. The quantitative estimate of drug-likeness (QED) is 0.681. The Bertz CT molecular complexity index is 398. The van der Waals surface area contributed by atoms with Crippen LogP contribution >= 0.6 is 11.8 Å². The van der Waals surface area contributed by atoms with Gasteiger partial charge in [-0.2, -0.15) is 5.10 Å². The fourth-order valence-electron chi connectivity index (χ4n) is 1.72. The number of carbonyl (C=O) groups is 2. The lowest BCUT2D eigenvalue weighted by Gasteiger charge is -2.22. The summed E-state index contributed by atoms with van der Waals surface area (Å²) in [6.07, 6.45) is 4.01. The minimum Gasteiger partial charge on any atom is -0.549 e. The minimum absolute atomic E-state index is 0.0808. The number of carboxylic acids is 1. The molecule has 1 amide bonds. The van der Waals surface area contributed by atoms with Gasteiger partial charge in [0.25, 0.3) is 0 Å². The van der Waals surface area contributed by atoms with Crippen molar-refractivity contribution in [3.63, 3.8) is 0 Å². The minimum atomic E-state index is -1.24. The summed E-state index contributed by atoms with van der Waals surface area (Å²) in [5.74, 6) is -1.60. The van der Waals surface area contributed by atoms with E-state index in [-0.39, 0.29) is 17.5 Å². The van der Waals surface area contributed by atoms with Crippen molar-refractivity contribution in [3.05, 3.63) is 0 Å². The molecular weight excluding hydrogens is 242 g/mol. The van der Waals surface area contributed by atoms with Crippen molar-refractivity contribution in [2.24, 2.45) is 10.2 Å². The predicted molar refractivity (Wildman–Crippen MR) is 62.5 cm³/mol. The number of amides is 1. The Morgan fingerprint density at radius 1 is 1.35 bits per heavy atom. The zero-order chi connectivity index (χ0) is 12.3. The molecule has 0 aromatic carbocycles. The molecular formula is C10H12N3O3S-. The topological polar surface area (TPSA) is 94.0 Å². The number of hydrogen-bond donors (Lipinski definition) is 1. The molecule has 2 rings (SSSR count). The molecule has 1 heterocycles. The average molecular weight is 254 g/mol. The SMILES string of the molecule is O=C1C[C@H](C(=O)[O-])S/C(=N/N=C2CCCC2)N1. The Balaban J connectivity index is 2.04. The van der Waals surface area contributed by atoms with Crippen LogP contribution < -0.4 is 10.4 Å². The zero-order valence-electron chi connectivity index (χ0n) is 9.14. The lowest BCUT2D eigenvalue weighted by molar-refractivity contribution is -0.304. The molecule has 0 spiro atoms. The molecule has 0 unspecified atom stereocenters. The van der Waals surface area contributed by atoms with Gasteiger partial charge >= 0.3 is 0 Å². The van der Waals surface area contributed by atoms with Crippen LogP contribution in [0.2, 0.25) is 0 Å². The first kappa shape index (κ1) is 12.1. The number of nitrogens with one attached hydrogen (secondary N) is 1. The molecule has 2 aliphatic rings. The second kappa shape index (κ2) is 5.31. The van der Waals surface area contributed by atoms with E-state index in [0.717, 1.165) is 43.2 Å². The Labute approximate surface area is 103 Å². The summed E-state index contributed by atoms with van der Waals surface area (Å²) < 4.78 is 0. The van der Waals surface area contributed by atoms with Gasteiger partial charge < -0.3 is 15.2 Å².